The zero-order chi connectivity index (χ0) is 20.4. The van der Waals surface area contributed by atoms with E-state index in [9.17, 15) is 5.11 Å². The van der Waals surface area contributed by atoms with E-state index in [1.165, 1.54) is 12.0 Å². The van der Waals surface area contributed by atoms with Crippen molar-refractivity contribution in [2.45, 2.75) is 25.5 Å². The SMILES string of the molecule is CC1C[C@H]1c1ccc2c(c1)C(O)N1C(=N2)C(c2ccccc2)=Nc2ccc(Br)cc21. The zero-order valence-corrected chi connectivity index (χ0v) is 18.0. The van der Waals surface area contributed by atoms with Gasteiger partial charge in [-0.2, -0.15) is 0 Å². The molecule has 148 valence electrons. The lowest BCUT2D eigenvalue weighted by atomic mass is 9.98. The van der Waals surface area contributed by atoms with Crippen LogP contribution in [0.4, 0.5) is 17.1 Å². The van der Waals surface area contributed by atoms with E-state index in [2.05, 4.69) is 35.0 Å². The third kappa shape index (κ3) is 2.76. The lowest BCUT2D eigenvalue weighted by Gasteiger charge is -2.38. The smallest absolute Gasteiger partial charge is 0.162 e. The molecule has 0 bridgehead atoms. The number of nitrogens with zero attached hydrogens (tertiary/aromatic N) is 3. The number of aliphatic hydroxyl groups excluding tert-OH is 1. The normalized spacial score (nSPS) is 23.7. The topological polar surface area (TPSA) is 48.2 Å². The lowest BCUT2D eigenvalue weighted by molar-refractivity contribution is 0.187. The fraction of sp³-hybridized carbons (Fsp3) is 0.200. The molecular weight excluding hydrogens is 438 g/mol. The molecule has 1 aliphatic carbocycles. The minimum Gasteiger partial charge on any atom is -0.369 e. The first-order valence-electron chi connectivity index (χ1n) is 10.2. The second kappa shape index (κ2) is 6.62. The average Bonchev–Trinajstić information content (AvgIpc) is 3.50. The summed E-state index contributed by atoms with van der Waals surface area (Å²) in [6.45, 7) is 2.28. The van der Waals surface area contributed by atoms with Gasteiger partial charge in [-0.15, -0.1) is 0 Å². The van der Waals surface area contributed by atoms with E-state index in [1.54, 1.807) is 0 Å². The molecule has 1 saturated carbocycles. The van der Waals surface area contributed by atoms with Crippen molar-refractivity contribution in [3.05, 3.63) is 87.9 Å². The molecule has 3 aliphatic rings. The average molecular weight is 458 g/mol. The van der Waals surface area contributed by atoms with Gasteiger partial charge in [0.1, 0.15) is 5.71 Å². The first kappa shape index (κ1) is 18.0. The summed E-state index contributed by atoms with van der Waals surface area (Å²) in [5, 5.41) is 11.5. The summed E-state index contributed by atoms with van der Waals surface area (Å²) >= 11 is 3.57. The minimum absolute atomic E-state index is 0.595. The van der Waals surface area contributed by atoms with Gasteiger partial charge in [0.15, 0.2) is 12.1 Å². The van der Waals surface area contributed by atoms with E-state index in [0.29, 0.717) is 17.7 Å². The van der Waals surface area contributed by atoms with E-state index in [1.807, 2.05) is 59.5 Å². The predicted molar refractivity (Wildman–Crippen MR) is 124 cm³/mol. The van der Waals surface area contributed by atoms with Crippen molar-refractivity contribution in [3.63, 3.8) is 0 Å². The van der Waals surface area contributed by atoms with Gasteiger partial charge in [-0.1, -0.05) is 59.3 Å². The zero-order valence-electron chi connectivity index (χ0n) is 16.5. The van der Waals surface area contributed by atoms with Crippen LogP contribution in [0.3, 0.4) is 0 Å². The first-order valence-corrected chi connectivity index (χ1v) is 11.0. The second-order valence-electron chi connectivity index (χ2n) is 8.28. The van der Waals surface area contributed by atoms with Crippen LogP contribution in [0.2, 0.25) is 0 Å². The van der Waals surface area contributed by atoms with Crippen LogP contribution < -0.4 is 4.90 Å². The van der Waals surface area contributed by atoms with Crippen LogP contribution >= 0.6 is 15.9 Å². The van der Waals surface area contributed by atoms with Gasteiger partial charge >= 0.3 is 0 Å². The van der Waals surface area contributed by atoms with E-state index in [0.717, 1.165) is 38.4 Å². The molecule has 2 aliphatic heterocycles. The van der Waals surface area contributed by atoms with Crippen LogP contribution in [0.1, 0.15) is 42.2 Å². The summed E-state index contributed by atoms with van der Waals surface area (Å²) in [5.41, 5.74) is 6.39. The Bertz CT molecular complexity index is 1230. The van der Waals surface area contributed by atoms with Crippen LogP contribution in [0.15, 0.2) is 81.2 Å². The van der Waals surface area contributed by atoms with Gasteiger partial charge in [-0.05, 0) is 54.2 Å². The molecule has 5 heteroatoms. The Kier molecular flexibility index (Phi) is 3.98. The molecule has 6 rings (SSSR count). The largest absolute Gasteiger partial charge is 0.369 e. The number of anilines is 1. The number of aliphatic imine (C=N–C) groups is 2. The number of halogens is 1. The maximum atomic E-state index is 11.5. The Morgan fingerprint density at radius 1 is 0.967 bits per heavy atom. The fourth-order valence-corrected chi connectivity index (χ4v) is 4.83. The number of rotatable bonds is 2. The van der Waals surface area contributed by atoms with Crippen molar-refractivity contribution in [1.82, 2.24) is 0 Å². The Morgan fingerprint density at radius 2 is 1.73 bits per heavy atom. The van der Waals surface area contributed by atoms with Gasteiger partial charge in [0.2, 0.25) is 0 Å². The molecule has 30 heavy (non-hydrogen) atoms. The molecule has 1 N–H and O–H groups in total. The first-order chi connectivity index (χ1) is 14.6. The van der Waals surface area contributed by atoms with Gasteiger partial charge in [0.25, 0.3) is 0 Å². The highest BCUT2D eigenvalue weighted by molar-refractivity contribution is 9.10. The standard InChI is InChI=1S/C25H20BrN3O/c1-14-11-18(14)16-7-9-20-19(12-16)25(30)29-22-13-17(26)8-10-21(22)27-23(24(29)28-20)15-5-3-2-4-6-15/h2-10,12-14,18,25,30H,11H2,1H3/t14?,18-,25?/m1/s1. The Balaban J connectivity index is 1.57. The highest BCUT2D eigenvalue weighted by Gasteiger charge is 2.39. The lowest BCUT2D eigenvalue weighted by Crippen LogP contribution is -2.44. The van der Waals surface area contributed by atoms with Crippen molar-refractivity contribution in [1.29, 1.82) is 0 Å². The quantitative estimate of drug-likeness (QED) is 0.494. The Morgan fingerprint density at radius 3 is 2.50 bits per heavy atom. The van der Waals surface area contributed by atoms with Gasteiger partial charge in [0, 0.05) is 15.6 Å². The van der Waals surface area contributed by atoms with E-state index in [4.69, 9.17) is 9.98 Å². The Labute approximate surface area is 183 Å². The molecule has 0 saturated heterocycles. The highest BCUT2D eigenvalue weighted by atomic mass is 79.9. The third-order valence-electron chi connectivity index (χ3n) is 6.25. The van der Waals surface area contributed by atoms with Crippen LogP contribution in [0.25, 0.3) is 0 Å². The molecule has 4 nitrogen and oxygen atoms in total. The summed E-state index contributed by atoms with van der Waals surface area (Å²) < 4.78 is 0.942. The van der Waals surface area contributed by atoms with Crippen molar-refractivity contribution in [3.8, 4) is 0 Å². The van der Waals surface area contributed by atoms with Crippen LogP contribution in [0, 0.1) is 5.92 Å². The molecule has 3 aromatic carbocycles. The van der Waals surface area contributed by atoms with E-state index in [-0.39, 0.29) is 0 Å². The summed E-state index contributed by atoms with van der Waals surface area (Å²) in [4.78, 5) is 11.8. The van der Waals surface area contributed by atoms with Gasteiger partial charge < -0.3 is 5.11 Å². The molecule has 0 aromatic heterocycles. The molecule has 1 fully saturated rings. The van der Waals surface area contributed by atoms with Gasteiger partial charge in [-0.25, -0.2) is 9.98 Å². The summed E-state index contributed by atoms with van der Waals surface area (Å²) in [5.74, 6) is 1.99. The van der Waals surface area contributed by atoms with Crippen LogP contribution in [0.5, 0.6) is 0 Å². The van der Waals surface area contributed by atoms with Crippen molar-refractivity contribution in [2.24, 2.45) is 15.9 Å². The van der Waals surface area contributed by atoms with E-state index < -0.39 is 6.23 Å². The Hall–Kier alpha value is -2.76. The summed E-state index contributed by atoms with van der Waals surface area (Å²) in [6.07, 6.45) is 0.400. The van der Waals surface area contributed by atoms with Crippen LogP contribution in [-0.4, -0.2) is 16.7 Å². The maximum absolute atomic E-state index is 11.5. The maximum Gasteiger partial charge on any atom is 0.162 e. The fourth-order valence-electron chi connectivity index (χ4n) is 4.48. The number of fused-ring (bicyclic) bond motifs is 4. The molecule has 2 unspecified atom stereocenters. The minimum atomic E-state index is -0.816. The number of aliphatic hydroxyl groups is 1. The van der Waals surface area contributed by atoms with Gasteiger partial charge in [0.05, 0.1) is 17.1 Å². The molecule has 0 amide bonds. The van der Waals surface area contributed by atoms with Gasteiger partial charge in [-0.3, -0.25) is 4.90 Å². The van der Waals surface area contributed by atoms with Crippen molar-refractivity contribution >= 4 is 44.5 Å². The monoisotopic (exact) mass is 457 g/mol. The number of hydrogen-bond acceptors (Lipinski definition) is 4. The molecular formula is C25H20BrN3O. The molecule has 3 atom stereocenters. The molecule has 0 spiro atoms. The number of amidine groups is 1. The predicted octanol–water partition coefficient (Wildman–Crippen LogP) is 6.25. The van der Waals surface area contributed by atoms with Crippen molar-refractivity contribution < 1.29 is 5.11 Å². The second-order valence-corrected chi connectivity index (χ2v) is 9.19. The molecule has 2 heterocycles. The third-order valence-corrected chi connectivity index (χ3v) is 6.75. The molecule has 0 radical (unpaired) electrons. The highest BCUT2D eigenvalue weighted by Crippen LogP contribution is 2.50. The number of hydrogen-bond donors (Lipinski definition) is 1. The van der Waals surface area contributed by atoms with Crippen LogP contribution in [-0.2, 0) is 0 Å². The number of benzene rings is 3. The van der Waals surface area contributed by atoms with E-state index >= 15 is 0 Å². The summed E-state index contributed by atoms with van der Waals surface area (Å²) in [6, 6.07) is 22.3. The molecule has 3 aromatic rings. The van der Waals surface area contributed by atoms with Crippen molar-refractivity contribution in [2.75, 3.05) is 4.90 Å². The summed E-state index contributed by atoms with van der Waals surface area (Å²) in [7, 11) is 0.